The number of carbonyl (C=O) groups is 1. The van der Waals surface area contributed by atoms with Gasteiger partial charge < -0.3 is 11.1 Å². The number of rotatable bonds is 6. The summed E-state index contributed by atoms with van der Waals surface area (Å²) in [5.74, 6) is -0.305. The number of aromatic nitrogens is 2. The van der Waals surface area contributed by atoms with E-state index < -0.39 is 0 Å². The molecule has 5 heteroatoms. The molecule has 0 aliphatic rings. The standard InChI is InChI=1S/C12H22N4O/c1-8(2)14-11(12(13)17)5-6-16-10(4)7-9(3)15-16/h7-8,11,14H,5-6H2,1-4H3,(H2,13,17). The quantitative estimate of drug-likeness (QED) is 0.768. The molecule has 1 rings (SSSR count). The molecule has 1 unspecified atom stereocenters. The number of amides is 1. The van der Waals surface area contributed by atoms with Crippen molar-refractivity contribution in [2.45, 2.75) is 52.7 Å². The zero-order chi connectivity index (χ0) is 13.0. The monoisotopic (exact) mass is 238 g/mol. The van der Waals surface area contributed by atoms with Crippen LogP contribution in [0.5, 0.6) is 0 Å². The Morgan fingerprint density at radius 3 is 2.59 bits per heavy atom. The van der Waals surface area contributed by atoms with Crippen LogP contribution in [0, 0.1) is 13.8 Å². The Morgan fingerprint density at radius 2 is 2.18 bits per heavy atom. The Bertz CT molecular complexity index is 384. The molecule has 17 heavy (non-hydrogen) atoms. The highest BCUT2D eigenvalue weighted by atomic mass is 16.1. The summed E-state index contributed by atoms with van der Waals surface area (Å²) in [6.45, 7) is 8.67. The zero-order valence-corrected chi connectivity index (χ0v) is 11.0. The third kappa shape index (κ3) is 4.19. The smallest absolute Gasteiger partial charge is 0.234 e. The molecule has 0 aromatic carbocycles. The van der Waals surface area contributed by atoms with E-state index in [1.807, 2.05) is 38.4 Å². The average molecular weight is 238 g/mol. The minimum absolute atomic E-state index is 0.243. The van der Waals surface area contributed by atoms with Gasteiger partial charge in [-0.15, -0.1) is 0 Å². The van der Waals surface area contributed by atoms with Crippen molar-refractivity contribution in [3.05, 3.63) is 17.5 Å². The average Bonchev–Trinajstić information content (AvgIpc) is 2.51. The molecule has 0 fully saturated rings. The first kappa shape index (κ1) is 13.7. The van der Waals surface area contributed by atoms with E-state index in [0.717, 1.165) is 11.4 Å². The lowest BCUT2D eigenvalue weighted by Crippen LogP contribution is -2.45. The Kier molecular flexibility index (Phi) is 4.69. The number of hydrogen-bond acceptors (Lipinski definition) is 3. The van der Waals surface area contributed by atoms with E-state index >= 15 is 0 Å². The summed E-state index contributed by atoms with van der Waals surface area (Å²) in [5.41, 5.74) is 7.46. The van der Waals surface area contributed by atoms with E-state index in [4.69, 9.17) is 5.73 Å². The van der Waals surface area contributed by atoms with Gasteiger partial charge in [0, 0.05) is 18.3 Å². The predicted octanol–water partition coefficient (Wildman–Crippen LogP) is 0.742. The van der Waals surface area contributed by atoms with E-state index in [-0.39, 0.29) is 18.0 Å². The van der Waals surface area contributed by atoms with Crippen LogP contribution in [0.2, 0.25) is 0 Å². The predicted molar refractivity (Wildman–Crippen MR) is 67.6 cm³/mol. The van der Waals surface area contributed by atoms with Crippen LogP contribution in [0.3, 0.4) is 0 Å². The maximum atomic E-state index is 11.3. The summed E-state index contributed by atoms with van der Waals surface area (Å²) in [5, 5.41) is 7.52. The maximum Gasteiger partial charge on any atom is 0.234 e. The van der Waals surface area contributed by atoms with Crippen LogP contribution in [-0.4, -0.2) is 27.8 Å². The zero-order valence-electron chi connectivity index (χ0n) is 11.0. The lowest BCUT2D eigenvalue weighted by Gasteiger charge is -2.18. The van der Waals surface area contributed by atoms with Gasteiger partial charge in [0.05, 0.1) is 11.7 Å². The Labute approximate surface area is 102 Å². The van der Waals surface area contributed by atoms with Gasteiger partial charge in [0.2, 0.25) is 5.91 Å². The van der Waals surface area contributed by atoms with E-state index in [0.29, 0.717) is 13.0 Å². The van der Waals surface area contributed by atoms with Crippen LogP contribution >= 0.6 is 0 Å². The van der Waals surface area contributed by atoms with E-state index in [1.165, 1.54) is 0 Å². The SMILES string of the molecule is Cc1cc(C)n(CCC(NC(C)C)C(N)=O)n1. The molecule has 5 nitrogen and oxygen atoms in total. The maximum absolute atomic E-state index is 11.3. The molecule has 3 N–H and O–H groups in total. The van der Waals surface area contributed by atoms with Crippen LogP contribution < -0.4 is 11.1 Å². The molecular formula is C12H22N4O. The molecule has 0 saturated carbocycles. The fourth-order valence-corrected chi connectivity index (χ4v) is 1.86. The summed E-state index contributed by atoms with van der Waals surface area (Å²) in [6, 6.07) is 1.97. The van der Waals surface area contributed by atoms with Gasteiger partial charge in [0.25, 0.3) is 0 Å². The molecule has 96 valence electrons. The second-order valence-corrected chi connectivity index (χ2v) is 4.72. The number of hydrogen-bond donors (Lipinski definition) is 2. The molecule has 0 aliphatic heterocycles. The molecule has 1 heterocycles. The van der Waals surface area contributed by atoms with E-state index in [2.05, 4.69) is 10.4 Å². The lowest BCUT2D eigenvalue weighted by molar-refractivity contribution is -0.120. The fraction of sp³-hybridized carbons (Fsp3) is 0.667. The van der Waals surface area contributed by atoms with E-state index in [9.17, 15) is 4.79 Å². The molecule has 0 spiro atoms. The molecule has 0 bridgehead atoms. The number of primary amides is 1. The molecular weight excluding hydrogens is 216 g/mol. The van der Waals surface area contributed by atoms with Crippen molar-refractivity contribution < 1.29 is 4.79 Å². The van der Waals surface area contributed by atoms with Gasteiger partial charge in [-0.2, -0.15) is 5.10 Å². The van der Waals surface area contributed by atoms with Gasteiger partial charge in [-0.25, -0.2) is 0 Å². The minimum atomic E-state index is -0.305. The second-order valence-electron chi connectivity index (χ2n) is 4.72. The second kappa shape index (κ2) is 5.82. The van der Waals surface area contributed by atoms with Crippen LogP contribution in [0.4, 0.5) is 0 Å². The Hall–Kier alpha value is -1.36. The highest BCUT2D eigenvalue weighted by Gasteiger charge is 2.16. The van der Waals surface area contributed by atoms with Gasteiger partial charge in [-0.3, -0.25) is 9.48 Å². The van der Waals surface area contributed by atoms with Crippen molar-refractivity contribution in [1.82, 2.24) is 15.1 Å². The van der Waals surface area contributed by atoms with Crippen molar-refractivity contribution in [2.24, 2.45) is 5.73 Å². The number of aryl methyl sites for hydroxylation is 3. The number of nitrogens with zero attached hydrogens (tertiary/aromatic N) is 2. The highest BCUT2D eigenvalue weighted by Crippen LogP contribution is 2.04. The van der Waals surface area contributed by atoms with Crippen LogP contribution in [0.15, 0.2) is 6.07 Å². The van der Waals surface area contributed by atoms with Crippen molar-refractivity contribution in [3.63, 3.8) is 0 Å². The van der Waals surface area contributed by atoms with E-state index in [1.54, 1.807) is 0 Å². The summed E-state index contributed by atoms with van der Waals surface area (Å²) >= 11 is 0. The number of carbonyl (C=O) groups excluding carboxylic acids is 1. The highest BCUT2D eigenvalue weighted by molar-refractivity contribution is 5.79. The van der Waals surface area contributed by atoms with Gasteiger partial charge in [-0.05, 0) is 26.3 Å². The third-order valence-corrected chi connectivity index (χ3v) is 2.61. The molecule has 1 aromatic heterocycles. The summed E-state index contributed by atoms with van der Waals surface area (Å²) < 4.78 is 1.91. The van der Waals surface area contributed by atoms with Crippen LogP contribution in [-0.2, 0) is 11.3 Å². The van der Waals surface area contributed by atoms with Crippen molar-refractivity contribution in [3.8, 4) is 0 Å². The molecule has 1 amide bonds. The minimum Gasteiger partial charge on any atom is -0.368 e. The van der Waals surface area contributed by atoms with Gasteiger partial charge >= 0.3 is 0 Å². The van der Waals surface area contributed by atoms with Gasteiger partial charge in [0.1, 0.15) is 0 Å². The molecule has 0 aliphatic carbocycles. The van der Waals surface area contributed by atoms with Crippen LogP contribution in [0.25, 0.3) is 0 Å². The first-order valence-electron chi connectivity index (χ1n) is 5.96. The topological polar surface area (TPSA) is 72.9 Å². The Morgan fingerprint density at radius 1 is 1.53 bits per heavy atom. The third-order valence-electron chi connectivity index (χ3n) is 2.61. The van der Waals surface area contributed by atoms with Crippen molar-refractivity contribution >= 4 is 5.91 Å². The lowest BCUT2D eigenvalue weighted by atomic mass is 10.1. The first-order valence-corrected chi connectivity index (χ1v) is 5.96. The molecule has 1 aromatic rings. The summed E-state index contributed by atoms with van der Waals surface area (Å²) in [7, 11) is 0. The summed E-state index contributed by atoms with van der Waals surface area (Å²) in [6.07, 6.45) is 0.662. The molecule has 1 atom stereocenters. The van der Waals surface area contributed by atoms with Crippen molar-refractivity contribution in [2.75, 3.05) is 0 Å². The van der Waals surface area contributed by atoms with Gasteiger partial charge in [0.15, 0.2) is 0 Å². The van der Waals surface area contributed by atoms with Crippen LogP contribution in [0.1, 0.15) is 31.7 Å². The summed E-state index contributed by atoms with van der Waals surface area (Å²) in [4.78, 5) is 11.3. The number of nitrogens with two attached hydrogens (primary N) is 1. The normalized spacial score (nSPS) is 13.0. The molecule has 0 saturated heterocycles. The van der Waals surface area contributed by atoms with Gasteiger partial charge in [-0.1, -0.05) is 13.8 Å². The first-order chi connectivity index (χ1) is 7.90. The number of nitrogens with one attached hydrogen (secondary N) is 1. The van der Waals surface area contributed by atoms with Crippen molar-refractivity contribution in [1.29, 1.82) is 0 Å². The fourth-order valence-electron chi connectivity index (χ4n) is 1.86. The largest absolute Gasteiger partial charge is 0.368 e. The molecule has 0 radical (unpaired) electrons. The Balaban J connectivity index is 2.57.